The molecule has 1 saturated carbocycles. The fourth-order valence-electron chi connectivity index (χ4n) is 2.58. The van der Waals surface area contributed by atoms with Crippen LogP contribution in [0, 0.1) is 0 Å². The molecule has 104 valence electrons. The maximum absolute atomic E-state index is 9.40. The average molecular weight is 353 g/mol. The second kappa shape index (κ2) is 5.66. The van der Waals surface area contributed by atoms with Crippen molar-refractivity contribution in [3.63, 3.8) is 0 Å². The zero-order chi connectivity index (χ0) is 14.1. The van der Waals surface area contributed by atoms with Gasteiger partial charge in [-0.25, -0.2) is 0 Å². The van der Waals surface area contributed by atoms with Gasteiger partial charge in [0.1, 0.15) is 5.75 Å². The van der Waals surface area contributed by atoms with Crippen LogP contribution in [0.15, 0.2) is 46.9 Å². The number of rotatable bonds is 3. The van der Waals surface area contributed by atoms with Crippen molar-refractivity contribution in [3.8, 4) is 5.75 Å². The third-order valence-electron chi connectivity index (χ3n) is 3.80. The Kier molecular flexibility index (Phi) is 3.90. The summed E-state index contributed by atoms with van der Waals surface area (Å²) in [5, 5.41) is 13.2. The molecule has 4 heteroatoms. The highest BCUT2D eigenvalue weighted by Gasteiger charge is 2.30. The Hall–Kier alpha value is -1.19. The van der Waals surface area contributed by atoms with Gasteiger partial charge < -0.3 is 10.4 Å². The fraction of sp³-hybridized carbons (Fsp3) is 0.250. The zero-order valence-corrected chi connectivity index (χ0v) is 13.2. The molecular formula is C16H15BrClNO. The highest BCUT2D eigenvalue weighted by molar-refractivity contribution is 9.10. The van der Waals surface area contributed by atoms with Crippen molar-refractivity contribution in [2.45, 2.75) is 24.8 Å². The quantitative estimate of drug-likeness (QED) is 0.747. The maximum Gasteiger partial charge on any atom is 0.134 e. The topological polar surface area (TPSA) is 32.3 Å². The summed E-state index contributed by atoms with van der Waals surface area (Å²) >= 11 is 9.36. The molecule has 0 atom stereocenters. The van der Waals surface area contributed by atoms with Gasteiger partial charge in [0.15, 0.2) is 0 Å². The molecule has 0 saturated heterocycles. The van der Waals surface area contributed by atoms with E-state index in [2.05, 4.69) is 45.5 Å². The van der Waals surface area contributed by atoms with Crippen LogP contribution in [0.5, 0.6) is 5.75 Å². The molecule has 20 heavy (non-hydrogen) atoms. The Morgan fingerprint density at radius 1 is 1.10 bits per heavy atom. The second-order valence-electron chi connectivity index (χ2n) is 5.23. The van der Waals surface area contributed by atoms with E-state index in [1.165, 1.54) is 5.56 Å². The maximum atomic E-state index is 9.40. The van der Waals surface area contributed by atoms with E-state index in [0.29, 0.717) is 17.0 Å². The monoisotopic (exact) mass is 351 g/mol. The number of hydrogen-bond donors (Lipinski definition) is 2. The summed E-state index contributed by atoms with van der Waals surface area (Å²) in [6.07, 6.45) is 2.25. The van der Waals surface area contributed by atoms with E-state index in [-0.39, 0.29) is 5.75 Å². The highest BCUT2D eigenvalue weighted by atomic mass is 79.9. The minimum atomic E-state index is 0.124. The van der Waals surface area contributed by atoms with Crippen molar-refractivity contribution >= 4 is 33.2 Å². The first-order valence-electron chi connectivity index (χ1n) is 6.62. The van der Waals surface area contributed by atoms with Crippen molar-refractivity contribution in [3.05, 3.63) is 57.5 Å². The van der Waals surface area contributed by atoms with Crippen LogP contribution in [0.25, 0.3) is 0 Å². The smallest absolute Gasteiger partial charge is 0.134 e. The summed E-state index contributed by atoms with van der Waals surface area (Å²) in [5.74, 6) is 0.756. The summed E-state index contributed by atoms with van der Waals surface area (Å²) in [7, 11) is 0. The van der Waals surface area contributed by atoms with E-state index < -0.39 is 0 Å². The van der Waals surface area contributed by atoms with Gasteiger partial charge in [-0.15, -0.1) is 0 Å². The summed E-state index contributed by atoms with van der Waals surface area (Å²) in [5.41, 5.74) is 2.36. The van der Waals surface area contributed by atoms with Crippen LogP contribution in [0.3, 0.4) is 0 Å². The molecule has 0 bridgehead atoms. The average Bonchev–Trinajstić information content (AvgIpc) is 2.39. The number of phenols is 1. The van der Waals surface area contributed by atoms with Gasteiger partial charge in [-0.1, -0.05) is 39.7 Å². The molecule has 0 heterocycles. The zero-order valence-electron chi connectivity index (χ0n) is 10.8. The molecular weight excluding hydrogens is 338 g/mol. The molecule has 2 N–H and O–H groups in total. The molecule has 0 spiro atoms. The molecule has 3 rings (SSSR count). The first-order chi connectivity index (χ1) is 9.61. The van der Waals surface area contributed by atoms with Crippen LogP contribution < -0.4 is 5.32 Å². The number of hydrogen-bond acceptors (Lipinski definition) is 2. The normalized spacial score (nSPS) is 21.3. The van der Waals surface area contributed by atoms with Crippen molar-refractivity contribution < 1.29 is 5.11 Å². The van der Waals surface area contributed by atoms with Gasteiger partial charge in [0.25, 0.3) is 0 Å². The van der Waals surface area contributed by atoms with E-state index in [1.54, 1.807) is 12.1 Å². The minimum absolute atomic E-state index is 0.124. The van der Waals surface area contributed by atoms with Crippen molar-refractivity contribution in [1.82, 2.24) is 0 Å². The molecule has 1 fully saturated rings. The molecule has 0 aliphatic heterocycles. The Balaban J connectivity index is 1.58. The molecule has 0 radical (unpaired) electrons. The lowest BCUT2D eigenvalue weighted by atomic mass is 9.76. The van der Waals surface area contributed by atoms with Gasteiger partial charge in [-0.05, 0) is 54.7 Å². The number of nitrogens with one attached hydrogen (secondary N) is 1. The Labute approximate surface area is 131 Å². The largest absolute Gasteiger partial charge is 0.506 e. The summed E-state index contributed by atoms with van der Waals surface area (Å²) < 4.78 is 1.12. The predicted octanol–water partition coefficient (Wildman–Crippen LogP) is 5.17. The Bertz CT molecular complexity index is 608. The van der Waals surface area contributed by atoms with E-state index >= 15 is 0 Å². The van der Waals surface area contributed by atoms with E-state index in [9.17, 15) is 5.11 Å². The number of aromatic hydroxyl groups is 1. The number of anilines is 1. The van der Waals surface area contributed by atoms with Crippen molar-refractivity contribution in [2.75, 3.05) is 5.32 Å². The van der Waals surface area contributed by atoms with Crippen LogP contribution in [0.2, 0.25) is 5.02 Å². The lowest BCUT2D eigenvalue weighted by Crippen LogP contribution is -2.33. The van der Waals surface area contributed by atoms with Gasteiger partial charge in [-0.2, -0.15) is 0 Å². The minimum Gasteiger partial charge on any atom is -0.506 e. The highest BCUT2D eigenvalue weighted by Crippen LogP contribution is 2.39. The van der Waals surface area contributed by atoms with E-state index in [0.717, 1.165) is 23.0 Å². The van der Waals surface area contributed by atoms with E-state index in [4.69, 9.17) is 11.6 Å². The van der Waals surface area contributed by atoms with Crippen molar-refractivity contribution in [1.29, 1.82) is 0 Å². The summed E-state index contributed by atoms with van der Waals surface area (Å²) in [6.45, 7) is 0. The van der Waals surface area contributed by atoms with Gasteiger partial charge >= 0.3 is 0 Å². The van der Waals surface area contributed by atoms with Crippen LogP contribution >= 0.6 is 27.5 Å². The van der Waals surface area contributed by atoms with Crippen LogP contribution in [-0.2, 0) is 0 Å². The first-order valence-corrected chi connectivity index (χ1v) is 7.79. The fourth-order valence-corrected chi connectivity index (χ4v) is 3.02. The summed E-state index contributed by atoms with van der Waals surface area (Å²) in [6, 6.07) is 14.3. The van der Waals surface area contributed by atoms with Crippen LogP contribution in [0.4, 0.5) is 5.69 Å². The molecule has 1 aliphatic rings. The standard InChI is InChI=1S/C16H15BrClNO/c17-12-3-1-10(2-4-12)11-7-14(8-11)19-13-5-6-16(20)15(18)9-13/h1-6,9,11,14,19-20H,7-8H2. The van der Waals surface area contributed by atoms with Gasteiger partial charge in [0.05, 0.1) is 5.02 Å². The van der Waals surface area contributed by atoms with E-state index in [1.807, 2.05) is 6.07 Å². The Morgan fingerprint density at radius 3 is 2.45 bits per heavy atom. The van der Waals surface area contributed by atoms with Crippen LogP contribution in [0.1, 0.15) is 24.3 Å². The number of benzene rings is 2. The first kappa shape index (κ1) is 13.8. The Morgan fingerprint density at radius 2 is 1.80 bits per heavy atom. The van der Waals surface area contributed by atoms with Crippen LogP contribution in [-0.4, -0.2) is 11.1 Å². The van der Waals surface area contributed by atoms with Gasteiger partial charge in [0.2, 0.25) is 0 Å². The third kappa shape index (κ3) is 2.94. The number of phenolic OH excluding ortho intramolecular Hbond substituents is 1. The lowest BCUT2D eigenvalue weighted by molar-refractivity contribution is 0.374. The number of halogens is 2. The van der Waals surface area contributed by atoms with Gasteiger partial charge in [-0.3, -0.25) is 0 Å². The predicted molar refractivity (Wildman–Crippen MR) is 86.6 cm³/mol. The lowest BCUT2D eigenvalue weighted by Gasteiger charge is -2.37. The summed E-state index contributed by atoms with van der Waals surface area (Å²) in [4.78, 5) is 0. The third-order valence-corrected chi connectivity index (χ3v) is 4.63. The molecule has 2 aromatic rings. The molecule has 2 nitrogen and oxygen atoms in total. The second-order valence-corrected chi connectivity index (χ2v) is 6.55. The van der Waals surface area contributed by atoms with Gasteiger partial charge in [0, 0.05) is 16.2 Å². The molecule has 0 aromatic heterocycles. The van der Waals surface area contributed by atoms with Crippen molar-refractivity contribution in [2.24, 2.45) is 0 Å². The molecule has 0 unspecified atom stereocenters. The molecule has 2 aromatic carbocycles. The SMILES string of the molecule is Oc1ccc(NC2CC(c3ccc(Br)cc3)C2)cc1Cl. The molecule has 1 aliphatic carbocycles. The molecule has 0 amide bonds.